The molecule has 1 aliphatic rings. The van der Waals surface area contributed by atoms with Crippen LogP contribution in [0.4, 0.5) is 8.78 Å². The largest absolute Gasteiger partial charge is 0.352 e. The van der Waals surface area contributed by atoms with Gasteiger partial charge in [0.05, 0.1) is 5.69 Å². The third kappa shape index (κ3) is 4.20. The zero-order valence-corrected chi connectivity index (χ0v) is 14.1. The van der Waals surface area contributed by atoms with Crippen LogP contribution < -0.4 is 5.32 Å². The molecule has 25 heavy (non-hydrogen) atoms. The first-order valence-corrected chi connectivity index (χ1v) is 8.39. The fourth-order valence-corrected chi connectivity index (χ4v) is 3.13. The zero-order chi connectivity index (χ0) is 17.8. The second-order valence-corrected chi connectivity index (χ2v) is 6.47. The van der Waals surface area contributed by atoms with Gasteiger partial charge in [-0.25, -0.2) is 8.78 Å². The van der Waals surface area contributed by atoms with Gasteiger partial charge in [-0.3, -0.25) is 14.7 Å². The van der Waals surface area contributed by atoms with Crippen molar-refractivity contribution in [3.8, 4) is 0 Å². The van der Waals surface area contributed by atoms with Gasteiger partial charge in [0.25, 0.3) is 5.91 Å². The van der Waals surface area contributed by atoms with Gasteiger partial charge in [0.2, 0.25) is 0 Å². The number of nitrogens with zero attached hydrogens (tertiary/aromatic N) is 2. The van der Waals surface area contributed by atoms with Crippen LogP contribution in [0.1, 0.15) is 28.0 Å². The quantitative estimate of drug-likeness (QED) is 0.906. The third-order valence-electron chi connectivity index (χ3n) is 4.54. The van der Waals surface area contributed by atoms with Crippen LogP contribution in [0, 0.1) is 24.5 Å². The predicted molar refractivity (Wildman–Crippen MR) is 91.0 cm³/mol. The molecular weight excluding hydrogens is 324 g/mol. The average Bonchev–Trinajstić information content (AvgIpc) is 3.05. The van der Waals surface area contributed by atoms with Gasteiger partial charge in [-0.05, 0) is 49.6 Å². The van der Waals surface area contributed by atoms with E-state index in [9.17, 15) is 13.6 Å². The minimum Gasteiger partial charge on any atom is -0.352 e. The Balaban J connectivity index is 1.53. The number of benzene rings is 1. The maximum atomic E-state index is 14.0. The van der Waals surface area contributed by atoms with Gasteiger partial charge in [0, 0.05) is 25.8 Å². The van der Waals surface area contributed by atoms with E-state index < -0.39 is 23.1 Å². The van der Waals surface area contributed by atoms with Gasteiger partial charge in [0.15, 0.2) is 0 Å². The highest BCUT2D eigenvalue weighted by Crippen LogP contribution is 2.19. The summed E-state index contributed by atoms with van der Waals surface area (Å²) in [6.07, 6.45) is 2.71. The number of hydrogen-bond donors (Lipinski definition) is 1. The summed E-state index contributed by atoms with van der Waals surface area (Å²) in [5, 5.41) is 2.67. The highest BCUT2D eigenvalue weighted by molar-refractivity contribution is 5.95. The van der Waals surface area contributed by atoms with Crippen LogP contribution >= 0.6 is 0 Å². The number of carbonyl (C=O) groups is 1. The van der Waals surface area contributed by atoms with Crippen molar-refractivity contribution in [3.05, 3.63) is 65.0 Å². The Kier molecular flexibility index (Phi) is 5.38. The molecule has 3 rings (SSSR count). The summed E-state index contributed by atoms with van der Waals surface area (Å²) in [6, 6.07) is 8.28. The van der Waals surface area contributed by atoms with Gasteiger partial charge in [-0.2, -0.15) is 0 Å². The first kappa shape index (κ1) is 17.5. The van der Waals surface area contributed by atoms with Crippen molar-refractivity contribution in [2.45, 2.75) is 19.9 Å². The number of pyridine rings is 1. The summed E-state index contributed by atoms with van der Waals surface area (Å²) < 4.78 is 27.8. The molecule has 0 saturated carbocycles. The van der Waals surface area contributed by atoms with Gasteiger partial charge < -0.3 is 5.32 Å². The van der Waals surface area contributed by atoms with Crippen LogP contribution in [0.5, 0.6) is 0 Å². The summed E-state index contributed by atoms with van der Waals surface area (Å²) >= 11 is 0. The number of carbonyl (C=O) groups excluding carboxylic acids is 1. The Morgan fingerprint density at radius 3 is 2.92 bits per heavy atom. The second-order valence-electron chi connectivity index (χ2n) is 6.47. The molecule has 6 heteroatoms. The Morgan fingerprint density at radius 2 is 2.16 bits per heavy atom. The maximum absolute atomic E-state index is 14.0. The topological polar surface area (TPSA) is 45.2 Å². The summed E-state index contributed by atoms with van der Waals surface area (Å²) in [5.41, 5.74) is 0.772. The van der Waals surface area contributed by atoms with Gasteiger partial charge in [0.1, 0.15) is 17.2 Å². The lowest BCUT2D eigenvalue weighted by molar-refractivity contribution is 0.0938. The molecule has 1 atom stereocenters. The van der Waals surface area contributed by atoms with E-state index in [4.69, 9.17) is 0 Å². The molecule has 0 unspecified atom stereocenters. The lowest BCUT2D eigenvalue weighted by Crippen LogP contribution is -2.32. The minimum atomic E-state index is -0.830. The Bertz CT molecular complexity index is 752. The molecule has 2 heterocycles. The normalized spacial score (nSPS) is 17.6. The molecule has 2 aromatic rings. The van der Waals surface area contributed by atoms with Crippen molar-refractivity contribution in [2.75, 3.05) is 19.6 Å². The van der Waals surface area contributed by atoms with Gasteiger partial charge in [-0.15, -0.1) is 0 Å². The molecule has 1 aromatic carbocycles. The summed E-state index contributed by atoms with van der Waals surface area (Å²) in [6.45, 7) is 4.44. The average molecular weight is 345 g/mol. The summed E-state index contributed by atoms with van der Waals surface area (Å²) in [4.78, 5) is 18.7. The number of aryl methyl sites for hydroxylation is 1. The molecule has 1 fully saturated rings. The van der Waals surface area contributed by atoms with E-state index in [0.717, 1.165) is 37.8 Å². The van der Waals surface area contributed by atoms with Crippen LogP contribution in [0.3, 0.4) is 0 Å². The Hall–Kier alpha value is -2.34. The first-order valence-electron chi connectivity index (χ1n) is 8.39. The number of aromatic nitrogens is 1. The Morgan fingerprint density at radius 1 is 1.32 bits per heavy atom. The summed E-state index contributed by atoms with van der Waals surface area (Å²) in [5.74, 6) is -2.05. The van der Waals surface area contributed by atoms with Crippen LogP contribution in [-0.4, -0.2) is 35.4 Å². The van der Waals surface area contributed by atoms with Crippen molar-refractivity contribution in [1.29, 1.82) is 0 Å². The lowest BCUT2D eigenvalue weighted by Gasteiger charge is -2.16. The number of halogens is 2. The van der Waals surface area contributed by atoms with Crippen molar-refractivity contribution in [3.63, 3.8) is 0 Å². The van der Waals surface area contributed by atoms with Crippen molar-refractivity contribution < 1.29 is 13.6 Å². The fraction of sp³-hybridized carbons (Fsp3) is 0.368. The van der Waals surface area contributed by atoms with Crippen LogP contribution in [0.2, 0.25) is 0 Å². The third-order valence-corrected chi connectivity index (χ3v) is 4.54. The van der Waals surface area contributed by atoms with Crippen LogP contribution in [-0.2, 0) is 6.54 Å². The van der Waals surface area contributed by atoms with Crippen molar-refractivity contribution >= 4 is 5.91 Å². The van der Waals surface area contributed by atoms with E-state index in [0.29, 0.717) is 6.54 Å². The van der Waals surface area contributed by atoms with E-state index in [-0.39, 0.29) is 11.5 Å². The monoisotopic (exact) mass is 345 g/mol. The standard InChI is InChI=1S/C19H21F2N3O/c1-13-5-6-16(20)17(18(13)21)19(25)23-10-14-7-9-24(11-14)12-15-4-2-3-8-22-15/h2-6,8,14H,7,9-12H2,1H3,(H,23,25)/t14-/m0/s1. The molecule has 0 spiro atoms. The lowest BCUT2D eigenvalue weighted by atomic mass is 10.1. The van der Waals surface area contributed by atoms with Crippen molar-refractivity contribution in [2.24, 2.45) is 5.92 Å². The first-order chi connectivity index (χ1) is 12.0. The number of amides is 1. The smallest absolute Gasteiger partial charge is 0.257 e. The van der Waals surface area contributed by atoms with Crippen LogP contribution in [0.25, 0.3) is 0 Å². The van der Waals surface area contributed by atoms with Crippen molar-refractivity contribution in [1.82, 2.24) is 15.2 Å². The molecule has 1 aliphatic heterocycles. The zero-order valence-electron chi connectivity index (χ0n) is 14.1. The molecule has 1 N–H and O–H groups in total. The number of rotatable bonds is 5. The molecular formula is C19H21F2N3O. The van der Waals surface area contributed by atoms with E-state index in [1.165, 1.54) is 13.0 Å². The molecule has 0 bridgehead atoms. The molecule has 1 amide bonds. The number of likely N-dealkylation sites (tertiary alicyclic amines) is 1. The number of hydrogen-bond acceptors (Lipinski definition) is 3. The molecule has 1 saturated heterocycles. The van der Waals surface area contributed by atoms with Gasteiger partial charge >= 0.3 is 0 Å². The highest BCUT2D eigenvalue weighted by Gasteiger charge is 2.25. The Labute approximate surface area is 145 Å². The molecule has 4 nitrogen and oxygen atoms in total. The minimum absolute atomic E-state index is 0.258. The molecule has 132 valence electrons. The summed E-state index contributed by atoms with van der Waals surface area (Å²) in [7, 11) is 0. The van der Waals surface area contributed by atoms with E-state index in [2.05, 4.69) is 15.2 Å². The fourth-order valence-electron chi connectivity index (χ4n) is 3.13. The predicted octanol–water partition coefficient (Wildman–Crippen LogP) is 2.92. The van der Waals surface area contributed by atoms with E-state index in [1.807, 2.05) is 18.2 Å². The molecule has 0 radical (unpaired) electrons. The number of nitrogens with one attached hydrogen (secondary N) is 1. The maximum Gasteiger partial charge on any atom is 0.257 e. The van der Waals surface area contributed by atoms with E-state index in [1.54, 1.807) is 6.20 Å². The molecule has 1 aromatic heterocycles. The van der Waals surface area contributed by atoms with E-state index >= 15 is 0 Å². The highest BCUT2D eigenvalue weighted by atomic mass is 19.1. The van der Waals surface area contributed by atoms with Crippen LogP contribution in [0.15, 0.2) is 36.5 Å². The van der Waals surface area contributed by atoms with Gasteiger partial charge in [-0.1, -0.05) is 12.1 Å². The molecule has 0 aliphatic carbocycles. The SMILES string of the molecule is Cc1ccc(F)c(C(=O)NC[C@@H]2CCN(Cc3ccccn3)C2)c1F. The second kappa shape index (κ2) is 7.70.